The molecule has 0 unspecified atom stereocenters. The Kier molecular flexibility index (Phi) is 3.80. The molecule has 6 heteroatoms. The lowest BCUT2D eigenvalue weighted by atomic mass is 10.2. The van der Waals surface area contributed by atoms with Crippen LogP contribution in [0.3, 0.4) is 0 Å². The third-order valence-corrected chi connectivity index (χ3v) is 5.43. The van der Waals surface area contributed by atoms with E-state index in [1.54, 1.807) is 6.08 Å². The molecule has 2 heterocycles. The molecule has 0 N–H and O–H groups in total. The maximum Gasteiger partial charge on any atom is 0.232 e. The van der Waals surface area contributed by atoms with E-state index in [1.165, 1.54) is 28.9 Å². The number of sulfonamides is 1. The van der Waals surface area contributed by atoms with Crippen LogP contribution in [-0.4, -0.2) is 26.0 Å². The third-order valence-electron chi connectivity index (χ3n) is 3.37. The van der Waals surface area contributed by atoms with E-state index >= 15 is 0 Å². The first kappa shape index (κ1) is 14.9. The van der Waals surface area contributed by atoms with Gasteiger partial charge in [0, 0.05) is 12.6 Å². The number of ether oxygens (including phenoxy) is 1. The number of allylic oxidation sites excluding steroid dienone is 1. The fourth-order valence-electron chi connectivity index (χ4n) is 2.13. The first-order chi connectivity index (χ1) is 10.5. The average Bonchev–Trinajstić information content (AvgIpc) is 2.93. The standard InChI is InChI=1S/C16H15NO3S2/c1-17(22(2,18)19)13-10-9-12-6-3-4-7-14(12)20-16(13)15-8-5-11-21-15/h3-11H,1-2H3. The minimum atomic E-state index is -3.38. The maximum absolute atomic E-state index is 11.9. The van der Waals surface area contributed by atoms with Gasteiger partial charge in [0.25, 0.3) is 0 Å². The van der Waals surface area contributed by atoms with Crippen molar-refractivity contribution in [2.45, 2.75) is 0 Å². The summed E-state index contributed by atoms with van der Waals surface area (Å²) >= 11 is 1.51. The lowest BCUT2D eigenvalue weighted by molar-refractivity contribution is 0.489. The van der Waals surface area contributed by atoms with E-state index in [2.05, 4.69) is 0 Å². The highest BCUT2D eigenvalue weighted by atomic mass is 32.2. The van der Waals surface area contributed by atoms with Gasteiger partial charge in [0.2, 0.25) is 10.0 Å². The summed E-state index contributed by atoms with van der Waals surface area (Å²) in [5.41, 5.74) is 1.43. The van der Waals surface area contributed by atoms with Crippen molar-refractivity contribution >= 4 is 33.2 Å². The largest absolute Gasteiger partial charge is 0.453 e. The molecule has 0 amide bonds. The van der Waals surface area contributed by atoms with Crippen molar-refractivity contribution in [3.05, 3.63) is 64.0 Å². The van der Waals surface area contributed by atoms with Gasteiger partial charge in [0.05, 0.1) is 16.8 Å². The Morgan fingerprint density at radius 1 is 1.09 bits per heavy atom. The molecule has 4 nitrogen and oxygen atoms in total. The van der Waals surface area contributed by atoms with Gasteiger partial charge in [-0.05, 0) is 29.7 Å². The van der Waals surface area contributed by atoms with Crippen molar-refractivity contribution in [3.63, 3.8) is 0 Å². The zero-order chi connectivity index (χ0) is 15.7. The van der Waals surface area contributed by atoms with Crippen LogP contribution >= 0.6 is 11.3 Å². The van der Waals surface area contributed by atoms with E-state index in [0.29, 0.717) is 17.2 Å². The van der Waals surface area contributed by atoms with Crippen LogP contribution in [0, 0.1) is 0 Å². The van der Waals surface area contributed by atoms with E-state index in [-0.39, 0.29) is 0 Å². The maximum atomic E-state index is 11.9. The monoisotopic (exact) mass is 333 g/mol. The summed E-state index contributed by atoms with van der Waals surface area (Å²) in [6.07, 6.45) is 4.83. The molecule has 0 bridgehead atoms. The molecular weight excluding hydrogens is 318 g/mol. The van der Waals surface area contributed by atoms with Gasteiger partial charge in [-0.25, -0.2) is 8.42 Å². The van der Waals surface area contributed by atoms with Gasteiger partial charge in [-0.3, -0.25) is 4.31 Å². The quantitative estimate of drug-likeness (QED) is 0.865. The molecule has 1 aromatic carbocycles. The van der Waals surface area contributed by atoms with E-state index in [4.69, 9.17) is 4.74 Å². The number of hydrogen-bond acceptors (Lipinski definition) is 4. The summed E-state index contributed by atoms with van der Waals surface area (Å²) in [6.45, 7) is 0. The number of para-hydroxylation sites is 1. The molecule has 3 rings (SSSR count). The van der Waals surface area contributed by atoms with Crippen LogP contribution in [0.25, 0.3) is 11.8 Å². The highest BCUT2D eigenvalue weighted by Crippen LogP contribution is 2.34. The zero-order valence-corrected chi connectivity index (χ0v) is 13.8. The molecule has 0 saturated carbocycles. The van der Waals surface area contributed by atoms with E-state index in [0.717, 1.165) is 10.4 Å². The summed E-state index contributed by atoms with van der Waals surface area (Å²) in [4.78, 5) is 0.881. The predicted octanol–water partition coefficient (Wildman–Crippen LogP) is 3.41. The Morgan fingerprint density at radius 2 is 1.86 bits per heavy atom. The molecule has 1 aromatic heterocycles. The Hall–Kier alpha value is -2.05. The van der Waals surface area contributed by atoms with Crippen molar-refractivity contribution in [2.75, 3.05) is 13.3 Å². The van der Waals surface area contributed by atoms with Crippen molar-refractivity contribution in [1.29, 1.82) is 0 Å². The van der Waals surface area contributed by atoms with Crippen LogP contribution in [0.4, 0.5) is 0 Å². The second kappa shape index (κ2) is 5.62. The molecular formula is C16H15NO3S2. The number of rotatable bonds is 3. The number of fused-ring (bicyclic) bond motifs is 1. The lowest BCUT2D eigenvalue weighted by Gasteiger charge is -2.20. The summed E-state index contributed by atoms with van der Waals surface area (Å²) in [5, 5.41) is 1.93. The molecule has 0 fully saturated rings. The topological polar surface area (TPSA) is 46.6 Å². The van der Waals surface area contributed by atoms with Gasteiger partial charge in [-0.1, -0.05) is 24.3 Å². The van der Waals surface area contributed by atoms with E-state index in [1.807, 2.05) is 47.9 Å². The molecule has 2 aromatic rings. The van der Waals surface area contributed by atoms with Crippen LogP contribution in [0.5, 0.6) is 5.75 Å². The van der Waals surface area contributed by atoms with E-state index < -0.39 is 10.0 Å². The number of benzene rings is 1. The second-order valence-electron chi connectivity index (χ2n) is 4.90. The fraction of sp³-hybridized carbons (Fsp3) is 0.125. The second-order valence-corrected chi connectivity index (χ2v) is 7.86. The molecule has 114 valence electrons. The Bertz CT molecular complexity index is 849. The smallest absolute Gasteiger partial charge is 0.232 e. The molecule has 22 heavy (non-hydrogen) atoms. The number of hydrogen-bond donors (Lipinski definition) is 0. The fourth-order valence-corrected chi connectivity index (χ4v) is 3.34. The molecule has 1 aliphatic heterocycles. The Labute approximate surface area is 134 Å². The van der Waals surface area contributed by atoms with E-state index in [9.17, 15) is 8.42 Å². The highest BCUT2D eigenvalue weighted by Gasteiger charge is 2.23. The van der Waals surface area contributed by atoms with Crippen molar-refractivity contribution in [2.24, 2.45) is 0 Å². The highest BCUT2D eigenvalue weighted by molar-refractivity contribution is 7.88. The molecule has 0 spiro atoms. The number of thiophene rings is 1. The normalized spacial score (nSPS) is 14.3. The Balaban J connectivity index is 2.20. The first-order valence-electron chi connectivity index (χ1n) is 6.64. The van der Waals surface area contributed by atoms with Crippen molar-refractivity contribution < 1.29 is 13.2 Å². The first-order valence-corrected chi connectivity index (χ1v) is 9.36. The number of likely N-dealkylation sites (N-methyl/N-ethyl adjacent to an activating group) is 1. The summed E-state index contributed by atoms with van der Waals surface area (Å²) in [6, 6.07) is 11.4. The van der Waals surface area contributed by atoms with Gasteiger partial charge >= 0.3 is 0 Å². The van der Waals surface area contributed by atoms with Crippen LogP contribution in [0.15, 0.2) is 53.6 Å². The van der Waals surface area contributed by atoms with Gasteiger partial charge in [-0.15, -0.1) is 11.3 Å². The molecule has 0 aliphatic carbocycles. The minimum Gasteiger partial charge on any atom is -0.453 e. The SMILES string of the molecule is CN(C1=C(c2cccs2)Oc2ccccc2C=C1)S(C)(=O)=O. The molecule has 0 atom stereocenters. The zero-order valence-electron chi connectivity index (χ0n) is 12.2. The van der Waals surface area contributed by atoms with Gasteiger partial charge in [-0.2, -0.15) is 0 Å². The Morgan fingerprint density at radius 3 is 2.55 bits per heavy atom. The van der Waals surface area contributed by atoms with Crippen molar-refractivity contribution in [3.8, 4) is 5.75 Å². The predicted molar refractivity (Wildman–Crippen MR) is 89.9 cm³/mol. The molecule has 1 aliphatic rings. The minimum absolute atomic E-state index is 0.515. The summed E-state index contributed by atoms with van der Waals surface area (Å²) in [7, 11) is -1.85. The van der Waals surface area contributed by atoms with Crippen LogP contribution in [-0.2, 0) is 10.0 Å². The van der Waals surface area contributed by atoms with Crippen LogP contribution in [0.2, 0.25) is 0 Å². The molecule has 0 radical (unpaired) electrons. The van der Waals surface area contributed by atoms with Crippen LogP contribution in [0.1, 0.15) is 10.4 Å². The van der Waals surface area contributed by atoms with Gasteiger partial charge < -0.3 is 4.74 Å². The van der Waals surface area contributed by atoms with Crippen molar-refractivity contribution in [1.82, 2.24) is 4.31 Å². The third kappa shape index (κ3) is 2.80. The lowest BCUT2D eigenvalue weighted by Crippen LogP contribution is -2.25. The summed E-state index contributed by atoms with van der Waals surface area (Å²) in [5.74, 6) is 1.25. The summed E-state index contributed by atoms with van der Waals surface area (Å²) < 4.78 is 31.2. The van der Waals surface area contributed by atoms with Gasteiger partial charge in [0.15, 0.2) is 5.76 Å². The number of nitrogens with zero attached hydrogens (tertiary/aromatic N) is 1. The van der Waals surface area contributed by atoms with Gasteiger partial charge in [0.1, 0.15) is 5.75 Å². The van der Waals surface area contributed by atoms with Crippen LogP contribution < -0.4 is 4.74 Å². The average molecular weight is 333 g/mol. The molecule has 0 saturated heterocycles.